The summed E-state index contributed by atoms with van der Waals surface area (Å²) in [6.07, 6.45) is -1.14. The van der Waals surface area contributed by atoms with Gasteiger partial charge in [-0.15, -0.1) is 11.3 Å². The number of esters is 1. The van der Waals surface area contributed by atoms with Gasteiger partial charge in [-0.2, -0.15) is 0 Å². The Morgan fingerprint density at radius 1 is 1.04 bits per heavy atom. The Morgan fingerprint density at radius 3 is 2.46 bits per heavy atom. The van der Waals surface area contributed by atoms with E-state index in [-0.39, 0.29) is 9.90 Å². The van der Waals surface area contributed by atoms with Crippen molar-refractivity contribution in [1.29, 1.82) is 0 Å². The molecule has 28 heavy (non-hydrogen) atoms. The van der Waals surface area contributed by atoms with Crippen LogP contribution >= 0.6 is 34.5 Å². The summed E-state index contributed by atoms with van der Waals surface area (Å²) in [5.41, 5.74) is 4.87. The van der Waals surface area contributed by atoms with Crippen LogP contribution in [0.5, 0.6) is 0 Å². The molecule has 1 heterocycles. The Hall–Kier alpha value is -2.61. The largest absolute Gasteiger partial charge is 0.448 e. The van der Waals surface area contributed by atoms with Gasteiger partial charge in [-0.05, 0) is 31.2 Å². The van der Waals surface area contributed by atoms with Gasteiger partial charge < -0.3 is 4.74 Å². The van der Waals surface area contributed by atoms with Gasteiger partial charge in [0.1, 0.15) is 4.88 Å². The lowest BCUT2D eigenvalue weighted by Crippen LogP contribution is -2.46. The number of nitrogens with one attached hydrogen (secondary N) is 2. The number of ether oxygens (including phenoxy) is 1. The van der Waals surface area contributed by atoms with Crippen molar-refractivity contribution in [3.63, 3.8) is 0 Å². The molecule has 0 radical (unpaired) electrons. The number of thiophene rings is 1. The minimum absolute atomic E-state index is 0.173. The molecule has 0 saturated carbocycles. The van der Waals surface area contributed by atoms with E-state index in [0.717, 1.165) is 16.0 Å². The summed E-state index contributed by atoms with van der Waals surface area (Å²) < 4.78 is 5.90. The zero-order valence-corrected chi connectivity index (χ0v) is 16.8. The third-order valence-electron chi connectivity index (χ3n) is 3.77. The fraction of sp³-hybridized carbons (Fsp3) is 0.105. The highest BCUT2D eigenvalue weighted by Gasteiger charge is 2.24. The molecule has 3 rings (SSSR count). The van der Waals surface area contributed by atoms with Crippen molar-refractivity contribution >= 4 is 62.4 Å². The van der Waals surface area contributed by atoms with Crippen LogP contribution in [0, 0.1) is 0 Å². The second-order valence-electron chi connectivity index (χ2n) is 5.74. The van der Waals surface area contributed by atoms with Crippen molar-refractivity contribution in [2.24, 2.45) is 0 Å². The molecule has 2 amide bonds. The minimum atomic E-state index is -1.14. The average Bonchev–Trinajstić information content (AvgIpc) is 3.02. The average molecular weight is 437 g/mol. The fourth-order valence-electron chi connectivity index (χ4n) is 2.32. The Bertz CT molecular complexity index is 1050. The van der Waals surface area contributed by atoms with Crippen LogP contribution in [0.4, 0.5) is 0 Å². The van der Waals surface area contributed by atoms with Crippen molar-refractivity contribution in [2.45, 2.75) is 13.0 Å². The van der Waals surface area contributed by atoms with Gasteiger partial charge >= 0.3 is 5.97 Å². The Labute approximate surface area is 174 Å². The van der Waals surface area contributed by atoms with E-state index < -0.39 is 23.9 Å². The lowest BCUT2D eigenvalue weighted by Gasteiger charge is -2.13. The van der Waals surface area contributed by atoms with E-state index >= 15 is 0 Å². The van der Waals surface area contributed by atoms with Crippen molar-refractivity contribution in [3.05, 3.63) is 69.0 Å². The van der Waals surface area contributed by atoms with Crippen LogP contribution in [0.1, 0.15) is 27.0 Å². The monoisotopic (exact) mass is 436 g/mol. The molecule has 0 bridgehead atoms. The third-order valence-corrected chi connectivity index (χ3v) is 5.64. The summed E-state index contributed by atoms with van der Waals surface area (Å²) in [6, 6.07) is 13.4. The van der Waals surface area contributed by atoms with Crippen molar-refractivity contribution < 1.29 is 19.1 Å². The molecule has 0 fully saturated rings. The molecule has 0 aliphatic carbocycles. The zero-order valence-electron chi connectivity index (χ0n) is 14.5. The van der Waals surface area contributed by atoms with E-state index in [1.807, 2.05) is 0 Å². The van der Waals surface area contributed by atoms with E-state index in [1.165, 1.54) is 6.92 Å². The fourth-order valence-corrected chi connectivity index (χ4v) is 3.99. The van der Waals surface area contributed by atoms with Crippen LogP contribution in [-0.2, 0) is 9.53 Å². The number of hydrazine groups is 1. The number of hydrogen-bond acceptors (Lipinski definition) is 5. The molecule has 2 N–H and O–H groups in total. The second kappa shape index (κ2) is 8.60. The molecule has 0 saturated heterocycles. The maximum absolute atomic E-state index is 12.4. The van der Waals surface area contributed by atoms with Gasteiger partial charge in [0.15, 0.2) is 6.10 Å². The summed E-state index contributed by atoms with van der Waals surface area (Å²) in [5.74, 6) is -1.91. The topological polar surface area (TPSA) is 84.5 Å². The van der Waals surface area contributed by atoms with E-state index in [0.29, 0.717) is 16.0 Å². The van der Waals surface area contributed by atoms with Crippen LogP contribution in [0.3, 0.4) is 0 Å². The molecule has 6 nitrogen and oxygen atoms in total. The molecule has 0 aliphatic heterocycles. The molecule has 2 aromatic carbocycles. The number of hydrogen-bond donors (Lipinski definition) is 2. The maximum Gasteiger partial charge on any atom is 0.350 e. The lowest BCUT2D eigenvalue weighted by molar-refractivity contribution is -0.129. The van der Waals surface area contributed by atoms with Crippen LogP contribution in [0.15, 0.2) is 48.5 Å². The number of benzene rings is 2. The van der Waals surface area contributed by atoms with E-state index in [9.17, 15) is 14.4 Å². The van der Waals surface area contributed by atoms with E-state index in [4.69, 9.17) is 27.9 Å². The number of carbonyl (C=O) groups is 3. The predicted molar refractivity (Wildman–Crippen MR) is 109 cm³/mol. The molecule has 1 aromatic heterocycles. The van der Waals surface area contributed by atoms with Crippen LogP contribution in [0.25, 0.3) is 10.1 Å². The molecular weight excluding hydrogens is 423 g/mol. The smallest absolute Gasteiger partial charge is 0.350 e. The van der Waals surface area contributed by atoms with Crippen molar-refractivity contribution in [3.8, 4) is 0 Å². The Kier molecular flexibility index (Phi) is 6.18. The third kappa shape index (κ3) is 4.44. The van der Waals surface area contributed by atoms with Gasteiger partial charge in [-0.1, -0.05) is 47.5 Å². The van der Waals surface area contributed by atoms with E-state index in [2.05, 4.69) is 10.9 Å². The van der Waals surface area contributed by atoms with Gasteiger partial charge in [0, 0.05) is 20.7 Å². The highest BCUT2D eigenvalue weighted by Crippen LogP contribution is 2.37. The summed E-state index contributed by atoms with van der Waals surface area (Å²) in [5, 5.41) is 1.44. The first-order valence-corrected chi connectivity index (χ1v) is 9.68. The number of amides is 2. The number of fused-ring (bicyclic) bond motifs is 1. The molecule has 3 aromatic rings. The minimum Gasteiger partial charge on any atom is -0.448 e. The van der Waals surface area contributed by atoms with Crippen LogP contribution in [-0.4, -0.2) is 23.9 Å². The quantitative estimate of drug-likeness (QED) is 0.473. The molecular formula is C19H14Cl2N2O4S. The maximum atomic E-state index is 12.4. The Balaban J connectivity index is 1.61. The van der Waals surface area contributed by atoms with Crippen LogP contribution in [0.2, 0.25) is 10.0 Å². The van der Waals surface area contributed by atoms with E-state index in [1.54, 1.807) is 48.5 Å². The summed E-state index contributed by atoms with van der Waals surface area (Å²) >= 11 is 13.3. The molecule has 0 spiro atoms. The zero-order chi connectivity index (χ0) is 20.3. The SMILES string of the molecule is CC(OC(=O)c1sc2cc(Cl)ccc2c1Cl)C(=O)NNC(=O)c1ccccc1. The van der Waals surface area contributed by atoms with Gasteiger partial charge in [0.05, 0.1) is 5.02 Å². The molecule has 0 aliphatic rings. The molecule has 1 atom stereocenters. The van der Waals surface area contributed by atoms with Gasteiger partial charge in [-0.25, -0.2) is 4.79 Å². The molecule has 9 heteroatoms. The standard InChI is InChI=1S/C19H14Cl2N2O4S/c1-10(17(24)22-23-18(25)11-5-3-2-4-6-11)27-19(26)16-15(21)13-8-7-12(20)9-14(13)28-16/h2-10H,1H3,(H,22,24)(H,23,25). The summed E-state index contributed by atoms with van der Waals surface area (Å²) in [6.45, 7) is 1.39. The first-order chi connectivity index (χ1) is 13.4. The molecule has 144 valence electrons. The highest BCUT2D eigenvalue weighted by molar-refractivity contribution is 7.21. The van der Waals surface area contributed by atoms with Crippen molar-refractivity contribution in [1.82, 2.24) is 10.9 Å². The summed E-state index contributed by atoms with van der Waals surface area (Å²) in [7, 11) is 0. The van der Waals surface area contributed by atoms with Gasteiger partial charge in [-0.3, -0.25) is 20.4 Å². The number of carbonyl (C=O) groups excluding carboxylic acids is 3. The first kappa shape index (κ1) is 20.1. The first-order valence-electron chi connectivity index (χ1n) is 8.10. The number of rotatable bonds is 4. The van der Waals surface area contributed by atoms with Gasteiger partial charge in [0.2, 0.25) is 0 Å². The molecule has 1 unspecified atom stereocenters. The lowest BCUT2D eigenvalue weighted by atomic mass is 10.2. The second-order valence-corrected chi connectivity index (χ2v) is 7.61. The predicted octanol–water partition coefficient (Wildman–Crippen LogP) is 4.21. The summed E-state index contributed by atoms with van der Waals surface area (Å²) in [4.78, 5) is 36.6. The normalized spacial score (nSPS) is 11.7. The number of halogens is 2. The van der Waals surface area contributed by atoms with Gasteiger partial charge in [0.25, 0.3) is 11.8 Å². The van der Waals surface area contributed by atoms with Crippen molar-refractivity contribution in [2.75, 3.05) is 0 Å². The van der Waals surface area contributed by atoms with Crippen LogP contribution < -0.4 is 10.9 Å². The highest BCUT2D eigenvalue weighted by atomic mass is 35.5. The Morgan fingerprint density at radius 2 is 1.75 bits per heavy atom.